The molecule has 0 spiro atoms. The number of alkyl halides is 3. The molecule has 0 radical (unpaired) electrons. The third kappa shape index (κ3) is 7.15. The number of nitrogens with zero attached hydrogens (tertiary/aromatic N) is 2. The van der Waals surface area contributed by atoms with Crippen molar-refractivity contribution in [3.63, 3.8) is 0 Å². The number of nitrogens with one attached hydrogen (secondary N) is 1. The second-order valence-corrected chi connectivity index (χ2v) is 9.46. The summed E-state index contributed by atoms with van der Waals surface area (Å²) in [7, 11) is 1.72. The van der Waals surface area contributed by atoms with Crippen LogP contribution in [0.5, 0.6) is 11.5 Å². The molecule has 0 aliphatic carbocycles. The fourth-order valence-electron chi connectivity index (χ4n) is 4.65. The highest BCUT2D eigenvalue weighted by atomic mass is 19.4. The molecule has 2 aliphatic rings. The minimum Gasteiger partial charge on any atom is -0.493 e. The molecule has 0 bridgehead atoms. The topological polar surface area (TPSA) is 83.9 Å². The number of hydrogen-bond donors (Lipinski definition) is 2. The van der Waals surface area contributed by atoms with E-state index in [4.69, 9.17) is 24.4 Å². The summed E-state index contributed by atoms with van der Waals surface area (Å²) in [6.07, 6.45) is 2.13. The number of carboxylic acids is 1. The van der Waals surface area contributed by atoms with Crippen molar-refractivity contribution in [1.82, 2.24) is 9.88 Å². The Morgan fingerprint density at radius 3 is 2.47 bits per heavy atom. The van der Waals surface area contributed by atoms with Gasteiger partial charge in [0, 0.05) is 35.9 Å². The lowest BCUT2D eigenvalue weighted by molar-refractivity contribution is -0.192. The standard InChI is InChI=1S/C24H35N3O2.C2HF3O2/c1-17(2)23-18-9-4-5-10-25-24(18)19-15-21(28-3)22(16-20(19)26-23)29-14-8-13-27-11-6-7-12-27;3-2(4,5)1(6)7/h15-17,25H,4-14H2,1-3H3;(H,6,7). The number of likely N-dealkylation sites (tertiary alicyclic amines) is 1. The van der Waals surface area contributed by atoms with E-state index in [0.29, 0.717) is 12.5 Å². The molecule has 0 atom stereocenters. The van der Waals surface area contributed by atoms with Crippen LogP contribution < -0.4 is 14.8 Å². The summed E-state index contributed by atoms with van der Waals surface area (Å²) in [5.74, 6) is -0.754. The highest BCUT2D eigenvalue weighted by molar-refractivity contribution is 5.96. The smallest absolute Gasteiger partial charge is 0.490 e. The maximum absolute atomic E-state index is 10.6. The van der Waals surface area contributed by atoms with Gasteiger partial charge in [-0.2, -0.15) is 13.2 Å². The summed E-state index contributed by atoms with van der Waals surface area (Å²) in [5, 5.41) is 11.9. The first-order valence-electron chi connectivity index (χ1n) is 12.6. The van der Waals surface area contributed by atoms with Gasteiger partial charge in [-0.1, -0.05) is 13.8 Å². The molecule has 200 valence electrons. The first-order chi connectivity index (χ1) is 17.1. The molecule has 1 saturated heterocycles. The summed E-state index contributed by atoms with van der Waals surface area (Å²) in [6.45, 7) is 9.78. The Morgan fingerprint density at radius 1 is 1.17 bits per heavy atom. The molecule has 10 heteroatoms. The van der Waals surface area contributed by atoms with Gasteiger partial charge in [-0.25, -0.2) is 4.79 Å². The first kappa shape index (κ1) is 27.8. The molecule has 1 aromatic heterocycles. The van der Waals surface area contributed by atoms with Gasteiger partial charge in [-0.15, -0.1) is 0 Å². The van der Waals surface area contributed by atoms with E-state index in [-0.39, 0.29) is 0 Å². The molecule has 0 saturated carbocycles. The van der Waals surface area contributed by atoms with Crippen molar-refractivity contribution in [2.24, 2.45) is 0 Å². The predicted molar refractivity (Wildman–Crippen MR) is 133 cm³/mol. The monoisotopic (exact) mass is 511 g/mol. The third-order valence-electron chi connectivity index (χ3n) is 6.42. The number of methoxy groups -OCH3 is 1. The van der Waals surface area contributed by atoms with E-state index in [0.717, 1.165) is 48.3 Å². The Bertz CT molecular complexity index is 1040. The highest BCUT2D eigenvalue weighted by Crippen LogP contribution is 2.40. The van der Waals surface area contributed by atoms with E-state index in [2.05, 4.69) is 36.2 Å². The zero-order valence-electron chi connectivity index (χ0n) is 21.2. The van der Waals surface area contributed by atoms with Crippen LogP contribution in [0.2, 0.25) is 0 Å². The van der Waals surface area contributed by atoms with Crippen molar-refractivity contribution >= 4 is 22.6 Å². The van der Waals surface area contributed by atoms with E-state index in [1.807, 2.05) is 0 Å². The number of rotatable bonds is 7. The van der Waals surface area contributed by atoms with Gasteiger partial charge in [0.15, 0.2) is 11.5 Å². The average Bonchev–Trinajstić information content (AvgIpc) is 3.22. The third-order valence-corrected chi connectivity index (χ3v) is 6.42. The van der Waals surface area contributed by atoms with Gasteiger partial charge < -0.3 is 24.8 Å². The fraction of sp³-hybridized carbons (Fsp3) is 0.615. The van der Waals surface area contributed by atoms with Crippen molar-refractivity contribution in [1.29, 1.82) is 0 Å². The average molecular weight is 512 g/mol. The van der Waals surface area contributed by atoms with Crippen LogP contribution in [0.3, 0.4) is 0 Å². The Kier molecular flexibility index (Phi) is 9.64. The summed E-state index contributed by atoms with van der Waals surface area (Å²) >= 11 is 0. The molecule has 36 heavy (non-hydrogen) atoms. The number of ether oxygens (including phenoxy) is 2. The number of aromatic nitrogens is 1. The van der Waals surface area contributed by atoms with Crippen molar-refractivity contribution in [3.8, 4) is 11.5 Å². The molecule has 3 heterocycles. The summed E-state index contributed by atoms with van der Waals surface area (Å²) in [6, 6.07) is 4.18. The number of pyridine rings is 1. The number of aliphatic carboxylic acids is 1. The molecule has 1 fully saturated rings. The van der Waals surface area contributed by atoms with Crippen molar-refractivity contribution in [2.45, 2.75) is 64.5 Å². The van der Waals surface area contributed by atoms with Crippen molar-refractivity contribution in [2.75, 3.05) is 45.2 Å². The van der Waals surface area contributed by atoms with Crippen molar-refractivity contribution in [3.05, 3.63) is 23.4 Å². The van der Waals surface area contributed by atoms with Crippen LogP contribution in [-0.2, 0) is 11.2 Å². The van der Waals surface area contributed by atoms with Gasteiger partial charge in [0.2, 0.25) is 0 Å². The number of carbonyl (C=O) groups is 1. The van der Waals surface area contributed by atoms with E-state index in [9.17, 15) is 13.2 Å². The van der Waals surface area contributed by atoms with Gasteiger partial charge in [0.1, 0.15) is 0 Å². The summed E-state index contributed by atoms with van der Waals surface area (Å²) < 4.78 is 43.6. The van der Waals surface area contributed by atoms with Gasteiger partial charge >= 0.3 is 12.1 Å². The van der Waals surface area contributed by atoms with Crippen LogP contribution in [0.4, 0.5) is 18.9 Å². The molecule has 2 aromatic rings. The highest BCUT2D eigenvalue weighted by Gasteiger charge is 2.38. The first-order valence-corrected chi connectivity index (χ1v) is 12.6. The van der Waals surface area contributed by atoms with Crippen LogP contribution in [0.1, 0.15) is 63.1 Å². The molecular formula is C26H36F3N3O4. The van der Waals surface area contributed by atoms with Gasteiger partial charge in [-0.3, -0.25) is 4.98 Å². The predicted octanol–water partition coefficient (Wildman–Crippen LogP) is 5.61. The molecule has 7 nitrogen and oxygen atoms in total. The Labute approximate surface area is 210 Å². The summed E-state index contributed by atoms with van der Waals surface area (Å²) in [5.41, 5.74) is 4.84. The van der Waals surface area contributed by atoms with Crippen LogP contribution in [0.15, 0.2) is 12.1 Å². The number of hydrogen-bond acceptors (Lipinski definition) is 6. The van der Waals surface area contributed by atoms with Crippen LogP contribution >= 0.6 is 0 Å². The Hall–Kier alpha value is -2.75. The van der Waals surface area contributed by atoms with Crippen LogP contribution in [0.25, 0.3) is 10.9 Å². The molecule has 1 aromatic carbocycles. The number of carboxylic acid groups (broad SMARTS) is 1. The molecular weight excluding hydrogens is 475 g/mol. The van der Waals surface area contributed by atoms with Gasteiger partial charge in [0.25, 0.3) is 0 Å². The van der Waals surface area contributed by atoms with Gasteiger partial charge in [-0.05, 0) is 69.2 Å². The maximum atomic E-state index is 10.6. The molecule has 0 unspecified atom stereocenters. The number of benzene rings is 1. The number of fused-ring (bicyclic) bond motifs is 3. The lowest BCUT2D eigenvalue weighted by Crippen LogP contribution is -2.21. The minimum absolute atomic E-state index is 0.403. The lowest BCUT2D eigenvalue weighted by Gasteiger charge is -2.20. The quantitative estimate of drug-likeness (QED) is 0.467. The van der Waals surface area contributed by atoms with Crippen LogP contribution in [-0.4, -0.2) is 67.0 Å². The minimum atomic E-state index is -5.08. The molecule has 4 rings (SSSR count). The summed E-state index contributed by atoms with van der Waals surface area (Å²) in [4.78, 5) is 16.5. The zero-order chi connectivity index (χ0) is 26.3. The van der Waals surface area contributed by atoms with Crippen molar-refractivity contribution < 1.29 is 32.5 Å². The Morgan fingerprint density at radius 2 is 1.86 bits per heavy atom. The van der Waals surface area contributed by atoms with E-state index < -0.39 is 12.1 Å². The van der Waals surface area contributed by atoms with E-state index in [1.165, 1.54) is 55.7 Å². The normalized spacial score (nSPS) is 16.1. The molecule has 2 aliphatic heterocycles. The van der Waals surface area contributed by atoms with Gasteiger partial charge in [0.05, 0.1) is 19.2 Å². The van der Waals surface area contributed by atoms with E-state index >= 15 is 0 Å². The van der Waals surface area contributed by atoms with E-state index in [1.54, 1.807) is 7.11 Å². The number of anilines is 1. The maximum Gasteiger partial charge on any atom is 0.490 e. The Balaban J connectivity index is 0.000000454. The lowest BCUT2D eigenvalue weighted by atomic mass is 9.96. The largest absolute Gasteiger partial charge is 0.493 e. The SMILES string of the molecule is COc1cc2c3c(c(C(C)C)nc2cc1OCCCN1CCCC1)CCCCN3.O=C(O)C(F)(F)F. The number of halogens is 3. The molecule has 0 amide bonds. The fourth-order valence-corrected chi connectivity index (χ4v) is 4.65. The second kappa shape index (κ2) is 12.5. The molecule has 2 N–H and O–H groups in total. The van der Waals surface area contributed by atoms with Crippen LogP contribution in [0, 0.1) is 0 Å². The second-order valence-electron chi connectivity index (χ2n) is 9.46. The zero-order valence-corrected chi connectivity index (χ0v) is 21.2.